The maximum Gasteiger partial charge on any atom is 0.183 e. The predicted molar refractivity (Wildman–Crippen MR) is 101 cm³/mol. The second-order valence-corrected chi connectivity index (χ2v) is 6.99. The summed E-state index contributed by atoms with van der Waals surface area (Å²) in [7, 11) is 0. The minimum atomic E-state index is 0.432. The van der Waals surface area contributed by atoms with Crippen molar-refractivity contribution < 1.29 is 0 Å². The van der Waals surface area contributed by atoms with E-state index in [1.807, 2.05) is 24.5 Å². The van der Waals surface area contributed by atoms with Gasteiger partial charge >= 0.3 is 0 Å². The van der Waals surface area contributed by atoms with Gasteiger partial charge in [0.1, 0.15) is 0 Å². The van der Waals surface area contributed by atoms with Crippen LogP contribution < -0.4 is 5.32 Å². The molecule has 0 atom stereocenters. The molecule has 0 fully saturated rings. The first-order valence-electron chi connectivity index (χ1n) is 8.31. The summed E-state index contributed by atoms with van der Waals surface area (Å²) >= 11 is 1.63. The average molecular weight is 338 g/mol. The quantitative estimate of drug-likeness (QED) is 0.670. The SMILES string of the molecule is CCCNc1ncc(-c2ccnc(-c3ccccc3C(C)C)n2)s1. The van der Waals surface area contributed by atoms with Gasteiger partial charge in [0, 0.05) is 24.5 Å². The molecule has 0 aliphatic carbocycles. The maximum absolute atomic E-state index is 4.78. The molecule has 24 heavy (non-hydrogen) atoms. The first-order chi connectivity index (χ1) is 11.7. The molecule has 5 heteroatoms. The van der Waals surface area contributed by atoms with E-state index in [9.17, 15) is 0 Å². The van der Waals surface area contributed by atoms with Gasteiger partial charge in [-0.3, -0.25) is 0 Å². The van der Waals surface area contributed by atoms with Crippen LogP contribution in [0.3, 0.4) is 0 Å². The molecular weight excluding hydrogens is 316 g/mol. The zero-order chi connectivity index (χ0) is 16.9. The van der Waals surface area contributed by atoms with Gasteiger partial charge < -0.3 is 5.32 Å². The van der Waals surface area contributed by atoms with Gasteiger partial charge in [0.25, 0.3) is 0 Å². The molecular formula is C19H22N4S. The normalized spacial score (nSPS) is 11.0. The van der Waals surface area contributed by atoms with Crippen LogP contribution in [0.1, 0.15) is 38.7 Å². The van der Waals surface area contributed by atoms with Gasteiger partial charge in [0.2, 0.25) is 0 Å². The lowest BCUT2D eigenvalue weighted by Gasteiger charge is -2.11. The summed E-state index contributed by atoms with van der Waals surface area (Å²) in [6.45, 7) is 7.46. The smallest absolute Gasteiger partial charge is 0.183 e. The molecule has 0 bridgehead atoms. The molecule has 0 radical (unpaired) electrons. The van der Waals surface area contributed by atoms with E-state index < -0.39 is 0 Å². The summed E-state index contributed by atoms with van der Waals surface area (Å²) < 4.78 is 0. The highest BCUT2D eigenvalue weighted by molar-refractivity contribution is 7.18. The molecule has 0 aliphatic heterocycles. The Balaban J connectivity index is 1.94. The summed E-state index contributed by atoms with van der Waals surface area (Å²) in [5.41, 5.74) is 3.29. The Hall–Kier alpha value is -2.27. The minimum absolute atomic E-state index is 0.432. The Morgan fingerprint density at radius 1 is 1.12 bits per heavy atom. The lowest BCUT2D eigenvalue weighted by Crippen LogP contribution is -1.97. The third-order valence-corrected chi connectivity index (χ3v) is 4.74. The van der Waals surface area contributed by atoms with Crippen LogP contribution in [0.2, 0.25) is 0 Å². The van der Waals surface area contributed by atoms with E-state index in [-0.39, 0.29) is 0 Å². The second kappa shape index (κ2) is 7.53. The first kappa shape index (κ1) is 16.6. The van der Waals surface area contributed by atoms with Crippen LogP contribution in [-0.2, 0) is 0 Å². The monoisotopic (exact) mass is 338 g/mol. The molecule has 0 saturated carbocycles. The number of nitrogens with one attached hydrogen (secondary N) is 1. The van der Waals surface area contributed by atoms with Crippen LogP contribution in [0.4, 0.5) is 5.13 Å². The summed E-state index contributed by atoms with van der Waals surface area (Å²) in [6, 6.07) is 10.3. The van der Waals surface area contributed by atoms with Crippen molar-refractivity contribution in [3.8, 4) is 22.0 Å². The molecule has 124 valence electrons. The fourth-order valence-corrected chi connectivity index (χ4v) is 3.35. The molecule has 2 heterocycles. The Bertz CT molecular complexity index is 810. The lowest BCUT2D eigenvalue weighted by atomic mass is 9.97. The van der Waals surface area contributed by atoms with Crippen LogP contribution >= 0.6 is 11.3 Å². The molecule has 2 aromatic heterocycles. The van der Waals surface area contributed by atoms with E-state index in [1.165, 1.54) is 5.56 Å². The summed E-state index contributed by atoms with van der Waals surface area (Å²) in [5, 5.41) is 4.26. The summed E-state index contributed by atoms with van der Waals surface area (Å²) in [6.07, 6.45) is 4.79. The fraction of sp³-hybridized carbons (Fsp3) is 0.316. The largest absolute Gasteiger partial charge is 0.362 e. The highest BCUT2D eigenvalue weighted by Gasteiger charge is 2.12. The fourth-order valence-electron chi connectivity index (χ4n) is 2.54. The number of thiazole rings is 1. The lowest BCUT2D eigenvalue weighted by molar-refractivity contribution is 0.866. The number of hydrogen-bond acceptors (Lipinski definition) is 5. The number of nitrogens with zero attached hydrogens (tertiary/aromatic N) is 3. The van der Waals surface area contributed by atoms with Crippen molar-refractivity contribution in [2.75, 3.05) is 11.9 Å². The molecule has 0 amide bonds. The number of hydrogen-bond donors (Lipinski definition) is 1. The molecule has 0 spiro atoms. The van der Waals surface area contributed by atoms with Crippen molar-refractivity contribution >= 4 is 16.5 Å². The van der Waals surface area contributed by atoms with Crippen molar-refractivity contribution in [2.45, 2.75) is 33.1 Å². The zero-order valence-electron chi connectivity index (χ0n) is 14.3. The topological polar surface area (TPSA) is 50.7 Å². The average Bonchev–Trinajstić information content (AvgIpc) is 3.09. The number of rotatable bonds is 6. The molecule has 3 aromatic rings. The van der Waals surface area contributed by atoms with Crippen molar-refractivity contribution in [3.63, 3.8) is 0 Å². The first-order valence-corrected chi connectivity index (χ1v) is 9.13. The zero-order valence-corrected chi connectivity index (χ0v) is 15.1. The van der Waals surface area contributed by atoms with Gasteiger partial charge in [-0.15, -0.1) is 0 Å². The summed E-state index contributed by atoms with van der Waals surface area (Å²) in [4.78, 5) is 14.8. The highest BCUT2D eigenvalue weighted by Crippen LogP contribution is 2.31. The van der Waals surface area contributed by atoms with E-state index in [1.54, 1.807) is 11.3 Å². The van der Waals surface area contributed by atoms with E-state index in [0.29, 0.717) is 5.92 Å². The van der Waals surface area contributed by atoms with Crippen LogP contribution in [0.15, 0.2) is 42.7 Å². The number of benzene rings is 1. The predicted octanol–water partition coefficient (Wildman–Crippen LogP) is 5.21. The molecule has 1 aromatic carbocycles. The van der Waals surface area contributed by atoms with E-state index in [2.05, 4.69) is 54.3 Å². The van der Waals surface area contributed by atoms with Crippen LogP contribution in [-0.4, -0.2) is 21.5 Å². The summed E-state index contributed by atoms with van der Waals surface area (Å²) in [5.74, 6) is 1.20. The van der Waals surface area contributed by atoms with Crippen molar-refractivity contribution in [1.82, 2.24) is 15.0 Å². The van der Waals surface area contributed by atoms with Gasteiger partial charge in [-0.2, -0.15) is 0 Å². The van der Waals surface area contributed by atoms with Crippen LogP contribution in [0.25, 0.3) is 22.0 Å². The van der Waals surface area contributed by atoms with Gasteiger partial charge in [-0.25, -0.2) is 15.0 Å². The molecule has 1 N–H and O–H groups in total. The van der Waals surface area contributed by atoms with Gasteiger partial charge in [-0.05, 0) is 24.0 Å². The van der Waals surface area contributed by atoms with E-state index in [0.717, 1.165) is 40.1 Å². The van der Waals surface area contributed by atoms with Gasteiger partial charge in [-0.1, -0.05) is 56.4 Å². The molecule has 0 saturated heterocycles. The third kappa shape index (κ3) is 3.62. The van der Waals surface area contributed by atoms with Crippen molar-refractivity contribution in [2.24, 2.45) is 0 Å². The van der Waals surface area contributed by atoms with Crippen molar-refractivity contribution in [1.29, 1.82) is 0 Å². The Morgan fingerprint density at radius 2 is 1.96 bits per heavy atom. The number of anilines is 1. The maximum atomic E-state index is 4.78. The third-order valence-electron chi connectivity index (χ3n) is 3.76. The Kier molecular flexibility index (Phi) is 5.20. The van der Waals surface area contributed by atoms with Crippen LogP contribution in [0, 0.1) is 0 Å². The van der Waals surface area contributed by atoms with Crippen molar-refractivity contribution in [3.05, 3.63) is 48.3 Å². The van der Waals surface area contributed by atoms with Crippen LogP contribution in [0.5, 0.6) is 0 Å². The van der Waals surface area contributed by atoms with E-state index >= 15 is 0 Å². The standard InChI is InChI=1S/C19H22N4S/c1-4-10-21-19-22-12-17(24-19)16-9-11-20-18(23-16)15-8-6-5-7-14(15)13(2)3/h5-9,11-13H,4,10H2,1-3H3,(H,21,22). The minimum Gasteiger partial charge on any atom is -0.362 e. The Labute approximate surface area is 147 Å². The van der Waals surface area contributed by atoms with Gasteiger partial charge in [0.15, 0.2) is 11.0 Å². The molecule has 4 nitrogen and oxygen atoms in total. The van der Waals surface area contributed by atoms with Gasteiger partial charge in [0.05, 0.1) is 10.6 Å². The van der Waals surface area contributed by atoms with E-state index in [4.69, 9.17) is 4.98 Å². The molecule has 0 unspecified atom stereocenters. The molecule has 3 rings (SSSR count). The highest BCUT2D eigenvalue weighted by atomic mass is 32.1. The Morgan fingerprint density at radius 3 is 2.75 bits per heavy atom. The second-order valence-electron chi connectivity index (χ2n) is 5.96. The number of aromatic nitrogens is 3. The molecule has 0 aliphatic rings.